The molecule has 1 spiro atoms. The molecule has 7 nitrogen and oxygen atoms in total. The van der Waals surface area contributed by atoms with E-state index in [9.17, 15) is 18.4 Å². The van der Waals surface area contributed by atoms with Crippen molar-refractivity contribution in [1.29, 1.82) is 0 Å². The molecule has 1 aromatic carbocycles. The average Bonchev–Trinajstić information content (AvgIpc) is 3.19. The van der Waals surface area contributed by atoms with Gasteiger partial charge in [-0.15, -0.1) is 0 Å². The second-order valence-corrected chi connectivity index (χ2v) is 9.66. The number of nitrogens with zero attached hydrogens (tertiary/aromatic N) is 4. The first-order valence-electron chi connectivity index (χ1n) is 11.8. The number of halogens is 2. The number of piperazine rings is 1. The van der Waals surface area contributed by atoms with Crippen LogP contribution >= 0.6 is 0 Å². The fourth-order valence-electron chi connectivity index (χ4n) is 5.51. The van der Waals surface area contributed by atoms with Crippen molar-refractivity contribution in [3.63, 3.8) is 0 Å². The molecule has 0 radical (unpaired) electrons. The van der Waals surface area contributed by atoms with Crippen LogP contribution < -0.4 is 10.2 Å². The number of hydrogen-bond donors (Lipinski definition) is 1. The Balaban J connectivity index is 1.42. The van der Waals surface area contributed by atoms with Gasteiger partial charge in [-0.05, 0) is 49.7 Å². The summed E-state index contributed by atoms with van der Waals surface area (Å²) in [4.78, 5) is 36.5. The number of pyridine rings is 1. The highest BCUT2D eigenvalue weighted by Crippen LogP contribution is 2.42. The van der Waals surface area contributed by atoms with Gasteiger partial charge in [-0.3, -0.25) is 9.59 Å². The normalized spacial score (nSPS) is 25.6. The van der Waals surface area contributed by atoms with Crippen molar-refractivity contribution in [3.8, 4) is 0 Å². The zero-order valence-electron chi connectivity index (χ0n) is 19.3. The van der Waals surface area contributed by atoms with E-state index in [2.05, 4.69) is 27.1 Å². The molecule has 3 fully saturated rings. The average molecular weight is 470 g/mol. The molecule has 3 aliphatic heterocycles. The fourth-order valence-corrected chi connectivity index (χ4v) is 5.51. The number of likely N-dealkylation sites (N-methyl/N-ethyl adjacent to an activating group) is 1. The summed E-state index contributed by atoms with van der Waals surface area (Å²) in [5.41, 5.74) is 0.430. The molecule has 2 atom stereocenters. The molecule has 9 heteroatoms. The molecule has 3 aliphatic rings. The van der Waals surface area contributed by atoms with E-state index in [1.807, 2.05) is 6.07 Å². The third kappa shape index (κ3) is 4.24. The molecule has 0 saturated carbocycles. The van der Waals surface area contributed by atoms with E-state index >= 15 is 0 Å². The van der Waals surface area contributed by atoms with Crippen LogP contribution in [-0.4, -0.2) is 78.5 Å². The monoisotopic (exact) mass is 469 g/mol. The molecular weight excluding hydrogens is 440 g/mol. The second kappa shape index (κ2) is 8.94. The largest absolute Gasteiger partial charge is 0.354 e. The number of likely N-dealkylation sites (tertiary alicyclic amines) is 1. The van der Waals surface area contributed by atoms with E-state index in [4.69, 9.17) is 0 Å². The van der Waals surface area contributed by atoms with Gasteiger partial charge in [0, 0.05) is 63.4 Å². The first-order chi connectivity index (χ1) is 16.3. The van der Waals surface area contributed by atoms with Crippen LogP contribution in [0.25, 0.3) is 0 Å². The van der Waals surface area contributed by atoms with Gasteiger partial charge in [0.05, 0.1) is 5.54 Å². The first kappa shape index (κ1) is 22.7. The van der Waals surface area contributed by atoms with Crippen molar-refractivity contribution < 1.29 is 18.4 Å². The third-order valence-corrected chi connectivity index (χ3v) is 7.41. The molecule has 4 heterocycles. The number of piperidine rings is 1. The highest BCUT2D eigenvalue weighted by Gasteiger charge is 2.50. The number of aromatic nitrogens is 1. The topological polar surface area (TPSA) is 68.8 Å². The van der Waals surface area contributed by atoms with Gasteiger partial charge in [0.1, 0.15) is 5.82 Å². The lowest BCUT2D eigenvalue weighted by Crippen LogP contribution is -2.56. The van der Waals surface area contributed by atoms with Gasteiger partial charge in [-0.2, -0.15) is 0 Å². The Morgan fingerprint density at radius 2 is 1.91 bits per heavy atom. The summed E-state index contributed by atoms with van der Waals surface area (Å²) in [6.07, 6.45) is 3.45. The van der Waals surface area contributed by atoms with Gasteiger partial charge in [0.2, 0.25) is 5.91 Å². The van der Waals surface area contributed by atoms with Crippen molar-refractivity contribution in [2.24, 2.45) is 0 Å². The lowest BCUT2D eigenvalue weighted by Gasteiger charge is -2.39. The molecule has 2 amide bonds. The Bertz CT molecular complexity index is 1100. The molecule has 0 unspecified atom stereocenters. The lowest BCUT2D eigenvalue weighted by molar-refractivity contribution is -0.125. The van der Waals surface area contributed by atoms with Crippen molar-refractivity contribution in [2.75, 3.05) is 51.2 Å². The fraction of sp³-hybridized carbons (Fsp3) is 0.480. The SMILES string of the molecule is CN1CCN(c2cc(C(=O)N3C[C@@H](c4ccc(F)c(F)c4)[C@@]4(CCCC(=O)N4)C3)ccn2)CC1. The molecule has 2 aromatic rings. The summed E-state index contributed by atoms with van der Waals surface area (Å²) < 4.78 is 27.7. The number of rotatable bonds is 3. The van der Waals surface area contributed by atoms with Gasteiger partial charge >= 0.3 is 0 Å². The molecule has 3 saturated heterocycles. The Hall–Kier alpha value is -3.07. The van der Waals surface area contributed by atoms with Gasteiger partial charge in [-0.25, -0.2) is 13.8 Å². The predicted molar refractivity (Wildman–Crippen MR) is 124 cm³/mol. The third-order valence-electron chi connectivity index (χ3n) is 7.41. The van der Waals surface area contributed by atoms with Crippen LogP contribution in [-0.2, 0) is 4.79 Å². The first-order valence-corrected chi connectivity index (χ1v) is 11.8. The number of benzene rings is 1. The highest BCUT2D eigenvalue weighted by atomic mass is 19.2. The van der Waals surface area contributed by atoms with E-state index in [1.54, 1.807) is 23.2 Å². The molecule has 0 aliphatic carbocycles. The lowest BCUT2D eigenvalue weighted by atomic mass is 9.76. The van der Waals surface area contributed by atoms with Crippen molar-refractivity contribution in [3.05, 3.63) is 59.3 Å². The minimum atomic E-state index is -0.925. The van der Waals surface area contributed by atoms with E-state index in [-0.39, 0.29) is 17.7 Å². The van der Waals surface area contributed by atoms with Gasteiger partial charge in [0.15, 0.2) is 11.6 Å². The van der Waals surface area contributed by atoms with Crippen LogP contribution in [0.1, 0.15) is 41.1 Å². The minimum absolute atomic E-state index is 0.0746. The van der Waals surface area contributed by atoms with Crippen LogP contribution in [0.3, 0.4) is 0 Å². The van der Waals surface area contributed by atoms with E-state index in [1.165, 1.54) is 6.07 Å². The minimum Gasteiger partial charge on any atom is -0.354 e. The van der Waals surface area contributed by atoms with Crippen molar-refractivity contribution >= 4 is 17.6 Å². The van der Waals surface area contributed by atoms with Gasteiger partial charge in [-0.1, -0.05) is 6.07 Å². The summed E-state index contributed by atoms with van der Waals surface area (Å²) >= 11 is 0. The second-order valence-electron chi connectivity index (χ2n) is 9.66. The maximum absolute atomic E-state index is 14.1. The number of nitrogens with one attached hydrogen (secondary N) is 1. The van der Waals surface area contributed by atoms with Crippen molar-refractivity contribution in [2.45, 2.75) is 30.7 Å². The quantitative estimate of drug-likeness (QED) is 0.748. The van der Waals surface area contributed by atoms with Crippen molar-refractivity contribution in [1.82, 2.24) is 20.1 Å². The summed E-state index contributed by atoms with van der Waals surface area (Å²) in [5, 5.41) is 3.10. The van der Waals surface area contributed by atoms with Crippen LogP contribution in [0.5, 0.6) is 0 Å². The molecule has 5 rings (SSSR count). The van der Waals surface area contributed by atoms with E-state index in [0.29, 0.717) is 43.5 Å². The summed E-state index contributed by atoms with van der Waals surface area (Å²) in [5.74, 6) is -1.61. The number of carbonyl (C=O) groups is 2. The molecule has 180 valence electrons. The van der Waals surface area contributed by atoms with E-state index < -0.39 is 17.2 Å². The zero-order valence-corrected chi connectivity index (χ0v) is 19.3. The molecule has 0 bridgehead atoms. The highest BCUT2D eigenvalue weighted by molar-refractivity contribution is 5.95. The smallest absolute Gasteiger partial charge is 0.254 e. The van der Waals surface area contributed by atoms with Crippen LogP contribution in [0, 0.1) is 11.6 Å². The van der Waals surface area contributed by atoms with E-state index in [0.717, 1.165) is 38.1 Å². The van der Waals surface area contributed by atoms with Crippen LogP contribution in [0.4, 0.5) is 14.6 Å². The standard InChI is InChI=1S/C25H29F2N5O2/c1-30-9-11-31(12-10-30)22-14-18(6-8-28-22)24(34)32-15-19(17-4-5-20(26)21(27)13-17)25(16-32)7-2-3-23(33)29-25/h4-6,8,13-14,19H,2-3,7,9-12,15-16H2,1H3,(H,29,33)/t19-,25+/m0/s1. The Morgan fingerprint density at radius 3 is 2.65 bits per heavy atom. The van der Waals surface area contributed by atoms with Crippen LogP contribution in [0.2, 0.25) is 0 Å². The Morgan fingerprint density at radius 1 is 1.12 bits per heavy atom. The summed E-state index contributed by atoms with van der Waals surface area (Å²) in [6, 6.07) is 7.38. The Kier molecular flexibility index (Phi) is 5.97. The maximum Gasteiger partial charge on any atom is 0.254 e. The summed E-state index contributed by atoms with van der Waals surface area (Å²) in [7, 11) is 2.08. The van der Waals surface area contributed by atoms with Gasteiger partial charge in [0.25, 0.3) is 5.91 Å². The number of hydrogen-bond acceptors (Lipinski definition) is 5. The number of anilines is 1. The number of amides is 2. The molecular formula is C25H29F2N5O2. The predicted octanol–water partition coefficient (Wildman–Crippen LogP) is 2.39. The maximum atomic E-state index is 14.1. The molecule has 1 aromatic heterocycles. The summed E-state index contributed by atoms with van der Waals surface area (Å²) in [6.45, 7) is 4.20. The molecule has 34 heavy (non-hydrogen) atoms. The van der Waals surface area contributed by atoms with Crippen LogP contribution in [0.15, 0.2) is 36.5 Å². The number of carbonyl (C=O) groups excluding carboxylic acids is 2. The molecule has 1 N–H and O–H groups in total. The Labute approximate surface area is 197 Å². The zero-order chi connectivity index (χ0) is 23.9. The van der Waals surface area contributed by atoms with Gasteiger partial charge < -0.3 is 20.0 Å².